The second kappa shape index (κ2) is 5.18. The molecule has 3 heterocycles. The molecule has 0 radical (unpaired) electrons. The van der Waals surface area contributed by atoms with Gasteiger partial charge in [-0.15, -0.1) is 0 Å². The van der Waals surface area contributed by atoms with E-state index in [0.29, 0.717) is 30.1 Å². The van der Waals surface area contributed by atoms with Gasteiger partial charge in [-0.05, 0) is 13.3 Å². The number of hydrogen-bond donors (Lipinski definition) is 2. The van der Waals surface area contributed by atoms with Crippen LogP contribution < -0.4 is 10.6 Å². The van der Waals surface area contributed by atoms with Gasteiger partial charge in [0, 0.05) is 25.6 Å². The molecule has 8 nitrogen and oxygen atoms in total. The Balaban J connectivity index is 1.71. The fraction of sp³-hybridized carbons (Fsp3) is 0.500. The Kier molecular flexibility index (Phi) is 3.21. The molecule has 2 aromatic heterocycles. The summed E-state index contributed by atoms with van der Waals surface area (Å²) in [5, 5.41) is 18.5. The molecule has 3 N–H and O–H groups in total. The van der Waals surface area contributed by atoms with Crippen molar-refractivity contribution >= 4 is 22.9 Å². The molecule has 0 unspecified atom stereocenters. The van der Waals surface area contributed by atoms with Crippen LogP contribution >= 0.6 is 0 Å². The van der Waals surface area contributed by atoms with E-state index < -0.39 is 0 Å². The Morgan fingerprint density at radius 1 is 1.42 bits per heavy atom. The number of fused-ring (bicyclic) bond motifs is 1. The number of allylic oxidation sites excluding steroid dienone is 1. The number of nitrogens with two attached hydrogens (primary N) is 1. The Labute approximate surface area is 139 Å². The molecular formula is C16H19N7O. The molecule has 1 fully saturated rings. The van der Waals surface area contributed by atoms with E-state index in [0.717, 1.165) is 6.42 Å². The molecule has 2 aliphatic rings. The van der Waals surface area contributed by atoms with Crippen LogP contribution in [-0.2, 0) is 0 Å². The van der Waals surface area contributed by atoms with Gasteiger partial charge in [0.05, 0.1) is 23.9 Å². The first-order valence-corrected chi connectivity index (χ1v) is 7.98. The largest absolute Gasteiger partial charge is 0.396 e. The van der Waals surface area contributed by atoms with Crippen molar-refractivity contribution in [2.75, 3.05) is 30.3 Å². The average Bonchev–Trinajstić information content (AvgIpc) is 3.17. The number of aliphatic hydroxyl groups is 1. The van der Waals surface area contributed by atoms with Gasteiger partial charge in [0.25, 0.3) is 0 Å². The number of aromatic nitrogens is 4. The zero-order chi connectivity index (χ0) is 16.9. The predicted octanol–water partition coefficient (Wildman–Crippen LogP) is 0.868. The summed E-state index contributed by atoms with van der Waals surface area (Å²) in [5.74, 6) is 1.05. The highest BCUT2D eigenvalue weighted by Gasteiger charge is 2.41. The van der Waals surface area contributed by atoms with Crippen LogP contribution in [0.4, 0.5) is 11.8 Å². The highest BCUT2D eigenvalue weighted by molar-refractivity contribution is 5.85. The van der Waals surface area contributed by atoms with Crippen molar-refractivity contribution < 1.29 is 5.11 Å². The highest BCUT2D eigenvalue weighted by Crippen LogP contribution is 2.37. The van der Waals surface area contributed by atoms with Crippen molar-refractivity contribution in [1.29, 1.82) is 5.26 Å². The number of rotatable bonds is 3. The molecule has 1 saturated heterocycles. The quantitative estimate of drug-likeness (QED) is 0.804. The number of aliphatic hydroxyl groups excluding tert-OH is 1. The van der Waals surface area contributed by atoms with Crippen molar-refractivity contribution in [2.24, 2.45) is 11.3 Å². The van der Waals surface area contributed by atoms with Crippen LogP contribution in [0.3, 0.4) is 0 Å². The van der Waals surface area contributed by atoms with Crippen molar-refractivity contribution in [3.05, 3.63) is 18.5 Å². The van der Waals surface area contributed by atoms with Gasteiger partial charge in [-0.3, -0.25) is 0 Å². The fourth-order valence-electron chi connectivity index (χ4n) is 3.49. The number of imidazole rings is 1. The van der Waals surface area contributed by atoms with Gasteiger partial charge in [-0.25, -0.2) is 4.98 Å². The monoisotopic (exact) mass is 325 g/mol. The molecule has 1 aliphatic heterocycles. The van der Waals surface area contributed by atoms with E-state index in [1.165, 1.54) is 0 Å². The van der Waals surface area contributed by atoms with Crippen LogP contribution in [0, 0.1) is 22.7 Å². The Hall–Kier alpha value is -2.66. The summed E-state index contributed by atoms with van der Waals surface area (Å²) in [6.45, 7) is 3.29. The topological polar surface area (TPSA) is 117 Å². The summed E-state index contributed by atoms with van der Waals surface area (Å²) in [4.78, 5) is 15.2. The number of anilines is 2. The normalized spacial score (nSPS) is 25.0. The maximum atomic E-state index is 9.31. The zero-order valence-corrected chi connectivity index (χ0v) is 13.4. The van der Waals surface area contributed by atoms with Crippen molar-refractivity contribution in [2.45, 2.75) is 19.4 Å². The third-order valence-electron chi connectivity index (χ3n) is 4.81. The molecule has 1 aliphatic carbocycles. The van der Waals surface area contributed by atoms with Gasteiger partial charge in [-0.1, -0.05) is 12.2 Å². The first-order chi connectivity index (χ1) is 11.5. The highest BCUT2D eigenvalue weighted by atomic mass is 16.3. The molecule has 8 heteroatoms. The van der Waals surface area contributed by atoms with Gasteiger partial charge in [0.1, 0.15) is 0 Å². The van der Waals surface area contributed by atoms with E-state index >= 15 is 0 Å². The maximum Gasteiger partial charge on any atom is 0.224 e. The van der Waals surface area contributed by atoms with Crippen molar-refractivity contribution in [3.63, 3.8) is 0 Å². The molecule has 4 rings (SSSR count). The molecule has 124 valence electrons. The zero-order valence-electron chi connectivity index (χ0n) is 13.4. The average molecular weight is 325 g/mol. The summed E-state index contributed by atoms with van der Waals surface area (Å²) >= 11 is 0. The second-order valence-corrected chi connectivity index (χ2v) is 6.89. The minimum Gasteiger partial charge on any atom is -0.396 e. The third kappa shape index (κ3) is 2.20. The van der Waals surface area contributed by atoms with Crippen LogP contribution in [-0.4, -0.2) is 44.3 Å². The fourth-order valence-corrected chi connectivity index (χ4v) is 3.49. The standard InChI is InChI=1S/C16H19N7O/c1-16(6-17)7-22(8-16)13-12-14(21-15(18)20-13)23(9-19-12)11-3-2-10(4-11)5-24/h2-3,9-11,24H,4-5,7-8H2,1H3,(H2,18,20,21)/t10-,11+/m1/s1. The molecule has 0 spiro atoms. The van der Waals surface area contributed by atoms with E-state index in [2.05, 4.69) is 27.1 Å². The van der Waals surface area contributed by atoms with Gasteiger partial charge in [0.2, 0.25) is 5.95 Å². The van der Waals surface area contributed by atoms with E-state index in [9.17, 15) is 10.4 Å². The Morgan fingerprint density at radius 3 is 2.88 bits per heavy atom. The SMILES string of the molecule is CC1(C#N)CN(c2nc(N)nc3c2ncn3[C@H]2C=C[C@@H](CO)C2)C1. The lowest BCUT2D eigenvalue weighted by Gasteiger charge is -2.44. The van der Waals surface area contributed by atoms with Crippen molar-refractivity contribution in [3.8, 4) is 6.07 Å². The van der Waals surface area contributed by atoms with E-state index in [1.54, 1.807) is 6.33 Å². The van der Waals surface area contributed by atoms with Gasteiger partial charge < -0.3 is 20.3 Å². The summed E-state index contributed by atoms with van der Waals surface area (Å²) in [5.41, 5.74) is 6.95. The van der Waals surface area contributed by atoms with Crippen LogP contribution in [0.15, 0.2) is 18.5 Å². The van der Waals surface area contributed by atoms with E-state index in [1.807, 2.05) is 22.5 Å². The summed E-state index contributed by atoms with van der Waals surface area (Å²) in [6.07, 6.45) is 6.66. The molecule has 2 atom stereocenters. The van der Waals surface area contributed by atoms with Crippen LogP contribution in [0.25, 0.3) is 11.2 Å². The lowest BCUT2D eigenvalue weighted by Crippen LogP contribution is -2.54. The number of nitrogen functional groups attached to an aromatic ring is 1. The van der Waals surface area contributed by atoms with Crippen molar-refractivity contribution in [1.82, 2.24) is 19.5 Å². The first-order valence-electron chi connectivity index (χ1n) is 7.98. The van der Waals surface area contributed by atoms with Crippen LogP contribution in [0.1, 0.15) is 19.4 Å². The Morgan fingerprint density at radius 2 is 2.21 bits per heavy atom. The predicted molar refractivity (Wildman–Crippen MR) is 89.0 cm³/mol. The molecule has 0 bridgehead atoms. The molecule has 24 heavy (non-hydrogen) atoms. The third-order valence-corrected chi connectivity index (χ3v) is 4.81. The summed E-state index contributed by atoms with van der Waals surface area (Å²) in [7, 11) is 0. The van der Waals surface area contributed by atoms with Crippen LogP contribution in [0.5, 0.6) is 0 Å². The molecular weight excluding hydrogens is 306 g/mol. The minimum atomic E-state index is -0.350. The number of nitriles is 1. The maximum absolute atomic E-state index is 9.31. The second-order valence-electron chi connectivity index (χ2n) is 6.89. The Bertz CT molecular complexity index is 859. The van der Waals surface area contributed by atoms with E-state index in [-0.39, 0.29) is 29.9 Å². The molecule has 0 aromatic carbocycles. The lowest BCUT2D eigenvalue weighted by molar-refractivity contribution is 0.244. The molecule has 2 aromatic rings. The summed E-state index contributed by atoms with van der Waals surface area (Å²) in [6, 6.07) is 2.43. The first kappa shape index (κ1) is 14.9. The minimum absolute atomic E-state index is 0.107. The van der Waals surface area contributed by atoms with E-state index in [4.69, 9.17) is 5.73 Å². The molecule has 0 saturated carbocycles. The number of nitrogens with zero attached hydrogens (tertiary/aromatic N) is 6. The summed E-state index contributed by atoms with van der Waals surface area (Å²) < 4.78 is 1.98. The van der Waals surface area contributed by atoms with Crippen LogP contribution in [0.2, 0.25) is 0 Å². The van der Waals surface area contributed by atoms with Gasteiger partial charge in [0.15, 0.2) is 17.0 Å². The number of hydrogen-bond acceptors (Lipinski definition) is 7. The molecule has 0 amide bonds. The van der Waals surface area contributed by atoms with Gasteiger partial charge >= 0.3 is 0 Å². The lowest BCUT2D eigenvalue weighted by atomic mass is 9.84. The smallest absolute Gasteiger partial charge is 0.224 e. The van der Waals surface area contributed by atoms with Gasteiger partial charge in [-0.2, -0.15) is 15.2 Å².